The first kappa shape index (κ1) is 12.4. The zero-order valence-electron chi connectivity index (χ0n) is 10.9. The fraction of sp³-hybridized carbons (Fsp3) is 0.769. The van der Waals surface area contributed by atoms with Crippen molar-refractivity contribution >= 4 is 16.5 Å². The van der Waals surface area contributed by atoms with Crippen LogP contribution in [0.3, 0.4) is 0 Å². The molecule has 1 aliphatic heterocycles. The topological polar surface area (TPSA) is 51.4 Å². The first-order valence-electron chi connectivity index (χ1n) is 6.77. The Bertz CT molecular complexity index is 420. The summed E-state index contributed by atoms with van der Waals surface area (Å²) < 4.78 is 5.24. The van der Waals surface area contributed by atoms with E-state index in [1.54, 1.807) is 7.11 Å². The van der Waals surface area contributed by atoms with E-state index in [-0.39, 0.29) is 6.04 Å². The van der Waals surface area contributed by atoms with E-state index >= 15 is 0 Å². The Morgan fingerprint density at radius 3 is 3.17 bits per heavy atom. The van der Waals surface area contributed by atoms with Crippen LogP contribution in [0.4, 0.5) is 5.13 Å². The zero-order valence-corrected chi connectivity index (χ0v) is 11.7. The number of methoxy groups -OCH3 is 1. The molecule has 18 heavy (non-hydrogen) atoms. The average molecular weight is 267 g/mol. The van der Waals surface area contributed by atoms with E-state index in [0.29, 0.717) is 5.92 Å². The Hall–Kier alpha value is -0.650. The SMILES string of the molecule is COCC1CCN(c2nc3c(s2)CCCC3N)C1. The average Bonchev–Trinajstić information content (AvgIpc) is 2.96. The van der Waals surface area contributed by atoms with Crippen LogP contribution in [-0.4, -0.2) is 31.8 Å². The lowest BCUT2D eigenvalue weighted by molar-refractivity contribution is 0.161. The minimum atomic E-state index is 0.163. The number of hydrogen-bond acceptors (Lipinski definition) is 5. The lowest BCUT2D eigenvalue weighted by Crippen LogP contribution is -2.21. The van der Waals surface area contributed by atoms with Crippen LogP contribution in [0.5, 0.6) is 0 Å². The Kier molecular flexibility index (Phi) is 3.54. The van der Waals surface area contributed by atoms with Crippen LogP contribution in [0, 0.1) is 5.92 Å². The van der Waals surface area contributed by atoms with Crippen LogP contribution in [0.15, 0.2) is 0 Å². The van der Waals surface area contributed by atoms with Gasteiger partial charge in [-0.25, -0.2) is 4.98 Å². The minimum Gasteiger partial charge on any atom is -0.384 e. The van der Waals surface area contributed by atoms with Crippen LogP contribution in [0.1, 0.15) is 35.9 Å². The number of ether oxygens (including phenoxy) is 1. The van der Waals surface area contributed by atoms with Gasteiger partial charge in [0.2, 0.25) is 0 Å². The molecule has 0 bridgehead atoms. The van der Waals surface area contributed by atoms with Crippen molar-refractivity contribution in [3.05, 3.63) is 10.6 Å². The summed E-state index contributed by atoms with van der Waals surface area (Å²) in [6.07, 6.45) is 4.67. The van der Waals surface area contributed by atoms with Gasteiger partial charge < -0.3 is 15.4 Å². The van der Waals surface area contributed by atoms with Crippen molar-refractivity contribution in [3.63, 3.8) is 0 Å². The van der Waals surface area contributed by atoms with Crippen LogP contribution >= 0.6 is 11.3 Å². The summed E-state index contributed by atoms with van der Waals surface area (Å²) in [6, 6.07) is 0.163. The van der Waals surface area contributed by atoms with Crippen LogP contribution in [0.25, 0.3) is 0 Å². The number of rotatable bonds is 3. The molecule has 2 atom stereocenters. The molecular formula is C13H21N3OS. The molecule has 0 amide bonds. The van der Waals surface area contributed by atoms with Crippen molar-refractivity contribution in [3.8, 4) is 0 Å². The van der Waals surface area contributed by atoms with Gasteiger partial charge in [0, 0.05) is 37.0 Å². The van der Waals surface area contributed by atoms with Gasteiger partial charge in [-0.3, -0.25) is 0 Å². The van der Waals surface area contributed by atoms with Crippen LogP contribution in [-0.2, 0) is 11.2 Å². The summed E-state index contributed by atoms with van der Waals surface area (Å²) in [6.45, 7) is 3.05. The molecule has 2 N–H and O–H groups in total. The molecule has 1 aliphatic carbocycles. The molecule has 1 aromatic heterocycles. The fourth-order valence-electron chi connectivity index (χ4n) is 2.95. The van der Waals surface area contributed by atoms with Crippen molar-refractivity contribution < 1.29 is 4.74 Å². The van der Waals surface area contributed by atoms with Gasteiger partial charge >= 0.3 is 0 Å². The maximum absolute atomic E-state index is 6.14. The smallest absolute Gasteiger partial charge is 0.185 e. The Labute approximate surface area is 112 Å². The Balaban J connectivity index is 1.74. The van der Waals surface area contributed by atoms with Gasteiger partial charge in [0.1, 0.15) is 0 Å². The largest absolute Gasteiger partial charge is 0.384 e. The monoisotopic (exact) mass is 267 g/mol. The second-order valence-electron chi connectivity index (χ2n) is 5.36. The summed E-state index contributed by atoms with van der Waals surface area (Å²) in [5.41, 5.74) is 7.30. The molecule has 1 fully saturated rings. The third-order valence-electron chi connectivity index (χ3n) is 3.95. The lowest BCUT2D eigenvalue weighted by atomic mass is 9.99. The molecule has 4 nitrogen and oxygen atoms in total. The second-order valence-corrected chi connectivity index (χ2v) is 6.42. The van der Waals surface area contributed by atoms with Gasteiger partial charge in [0.25, 0.3) is 0 Å². The summed E-state index contributed by atoms with van der Waals surface area (Å²) in [4.78, 5) is 8.60. The highest BCUT2D eigenvalue weighted by Crippen LogP contribution is 2.37. The van der Waals surface area contributed by atoms with E-state index in [1.807, 2.05) is 11.3 Å². The number of nitrogens with zero attached hydrogens (tertiary/aromatic N) is 2. The van der Waals surface area contributed by atoms with Gasteiger partial charge in [0.05, 0.1) is 12.3 Å². The highest BCUT2D eigenvalue weighted by Gasteiger charge is 2.28. The van der Waals surface area contributed by atoms with Crippen molar-refractivity contribution in [2.24, 2.45) is 11.7 Å². The van der Waals surface area contributed by atoms with Crippen LogP contribution < -0.4 is 10.6 Å². The maximum Gasteiger partial charge on any atom is 0.185 e. The van der Waals surface area contributed by atoms with Gasteiger partial charge in [-0.1, -0.05) is 0 Å². The quantitative estimate of drug-likeness (QED) is 0.909. The molecule has 2 aliphatic rings. The Morgan fingerprint density at radius 1 is 1.50 bits per heavy atom. The molecule has 100 valence electrons. The molecule has 1 aromatic rings. The minimum absolute atomic E-state index is 0.163. The van der Waals surface area contributed by atoms with E-state index in [9.17, 15) is 0 Å². The first-order chi connectivity index (χ1) is 8.78. The van der Waals surface area contributed by atoms with Crippen molar-refractivity contribution in [1.29, 1.82) is 0 Å². The third kappa shape index (κ3) is 2.27. The summed E-state index contributed by atoms with van der Waals surface area (Å²) in [5, 5.41) is 1.18. The lowest BCUT2D eigenvalue weighted by Gasteiger charge is -2.16. The van der Waals surface area contributed by atoms with Crippen LogP contribution in [0.2, 0.25) is 0 Å². The van der Waals surface area contributed by atoms with E-state index < -0.39 is 0 Å². The van der Waals surface area contributed by atoms with Crippen molar-refractivity contribution in [1.82, 2.24) is 4.98 Å². The van der Waals surface area contributed by atoms with Crippen molar-refractivity contribution in [2.75, 3.05) is 31.7 Å². The molecule has 0 aromatic carbocycles. The predicted octanol–water partition coefficient (Wildman–Crippen LogP) is 1.95. The normalized spacial score (nSPS) is 27.6. The number of anilines is 1. The highest BCUT2D eigenvalue weighted by atomic mass is 32.1. The number of thiazole rings is 1. The summed E-state index contributed by atoms with van der Waals surface area (Å²) >= 11 is 1.85. The number of aryl methyl sites for hydroxylation is 1. The van der Waals surface area contributed by atoms with Gasteiger partial charge in [0.15, 0.2) is 5.13 Å². The standard InChI is InChI=1S/C13H21N3OS/c1-17-8-9-5-6-16(7-9)13-15-12-10(14)3-2-4-11(12)18-13/h9-10H,2-8,14H2,1H3. The first-order valence-corrected chi connectivity index (χ1v) is 7.58. The highest BCUT2D eigenvalue weighted by molar-refractivity contribution is 7.15. The molecular weight excluding hydrogens is 246 g/mol. The van der Waals surface area contributed by atoms with Gasteiger partial charge in [-0.05, 0) is 25.7 Å². The van der Waals surface area contributed by atoms with E-state index in [4.69, 9.17) is 15.5 Å². The van der Waals surface area contributed by atoms with Crippen molar-refractivity contribution in [2.45, 2.75) is 31.7 Å². The molecule has 0 saturated carbocycles. The fourth-order valence-corrected chi connectivity index (χ4v) is 4.16. The molecule has 5 heteroatoms. The molecule has 2 heterocycles. The number of hydrogen-bond donors (Lipinski definition) is 1. The van der Waals surface area contributed by atoms with Gasteiger partial charge in [-0.15, -0.1) is 11.3 Å². The van der Waals surface area contributed by atoms with Gasteiger partial charge in [-0.2, -0.15) is 0 Å². The van der Waals surface area contributed by atoms with E-state index in [0.717, 1.165) is 38.2 Å². The maximum atomic E-state index is 6.14. The molecule has 3 rings (SSSR count). The molecule has 0 radical (unpaired) electrons. The number of aromatic nitrogens is 1. The predicted molar refractivity (Wildman–Crippen MR) is 74.2 cm³/mol. The summed E-state index contributed by atoms with van der Waals surface area (Å²) in [5.74, 6) is 0.657. The zero-order chi connectivity index (χ0) is 12.5. The number of nitrogens with two attached hydrogens (primary N) is 1. The number of fused-ring (bicyclic) bond motifs is 1. The molecule has 0 spiro atoms. The third-order valence-corrected chi connectivity index (χ3v) is 5.14. The van der Waals surface area contributed by atoms with E-state index in [1.165, 1.54) is 22.9 Å². The molecule has 1 saturated heterocycles. The van der Waals surface area contributed by atoms with E-state index in [2.05, 4.69) is 4.90 Å². The second kappa shape index (κ2) is 5.15. The summed E-state index contributed by atoms with van der Waals surface area (Å²) in [7, 11) is 1.78. The molecule has 2 unspecified atom stereocenters. The Morgan fingerprint density at radius 2 is 2.39 bits per heavy atom.